The van der Waals surface area contributed by atoms with Crippen LogP contribution >= 0.6 is 0 Å². The molecule has 0 fully saturated rings. The van der Waals surface area contributed by atoms with E-state index >= 15 is 0 Å². The second-order valence-corrected chi connectivity index (χ2v) is 10.9. The molecule has 1 nitrogen and oxygen atoms in total. The molecule has 1 heteroatoms. The minimum Gasteiger partial charge on any atom is -0.375 e. The highest BCUT2D eigenvalue weighted by atomic mass is 16.5. The van der Waals surface area contributed by atoms with Crippen molar-refractivity contribution in [3.63, 3.8) is 0 Å². The predicted molar refractivity (Wildman–Crippen MR) is 151 cm³/mol. The fourth-order valence-electron chi connectivity index (χ4n) is 5.46. The average molecular weight is 467 g/mol. The van der Waals surface area contributed by atoms with E-state index in [1.165, 1.54) is 167 Å². The molecule has 0 spiro atoms. The Morgan fingerprint density at radius 3 is 0.818 bits per heavy atom. The number of hydrogen-bond acceptors (Lipinski definition) is 1. The van der Waals surface area contributed by atoms with E-state index in [2.05, 4.69) is 27.7 Å². The van der Waals surface area contributed by atoms with Crippen molar-refractivity contribution in [3.05, 3.63) is 0 Å². The van der Waals surface area contributed by atoms with Crippen LogP contribution in [0.25, 0.3) is 0 Å². The Hall–Kier alpha value is -0.0400. The highest BCUT2D eigenvalue weighted by Crippen LogP contribution is 2.33. The summed E-state index contributed by atoms with van der Waals surface area (Å²) in [6.07, 6.45) is 36.4. The molecule has 0 aliphatic carbocycles. The number of hydrogen-bond donors (Lipinski definition) is 0. The van der Waals surface area contributed by atoms with E-state index in [9.17, 15) is 0 Å². The fourth-order valence-corrected chi connectivity index (χ4v) is 5.46. The van der Waals surface area contributed by atoms with Gasteiger partial charge in [0.1, 0.15) is 0 Å². The lowest BCUT2D eigenvalue weighted by molar-refractivity contribution is -0.0624. The van der Waals surface area contributed by atoms with Crippen molar-refractivity contribution in [1.29, 1.82) is 0 Å². The molecule has 0 unspecified atom stereocenters. The third-order valence-corrected chi connectivity index (χ3v) is 7.66. The molecule has 200 valence electrons. The smallest absolute Gasteiger partial charge is 0.0682 e. The Labute approximate surface area is 211 Å². The van der Waals surface area contributed by atoms with Gasteiger partial charge in [0.2, 0.25) is 0 Å². The molecule has 0 aromatic heterocycles. The fraction of sp³-hybridized carbons (Fsp3) is 1.00. The quantitative estimate of drug-likeness (QED) is 0.104. The van der Waals surface area contributed by atoms with Crippen molar-refractivity contribution in [3.8, 4) is 0 Å². The first-order valence-corrected chi connectivity index (χ1v) is 15.9. The molecule has 0 radical (unpaired) electrons. The summed E-state index contributed by atoms with van der Waals surface area (Å²) in [4.78, 5) is 0. The van der Waals surface area contributed by atoms with Crippen molar-refractivity contribution in [2.45, 2.75) is 200 Å². The number of unbranched alkanes of at least 4 members (excludes halogenated alkanes) is 20. The van der Waals surface area contributed by atoms with Crippen molar-refractivity contribution < 1.29 is 4.74 Å². The van der Waals surface area contributed by atoms with Gasteiger partial charge in [-0.3, -0.25) is 0 Å². The number of ether oxygens (including phenoxy) is 1. The normalized spacial score (nSPS) is 12.0. The van der Waals surface area contributed by atoms with Crippen LogP contribution in [0.15, 0.2) is 0 Å². The molecule has 0 atom stereocenters. The summed E-state index contributed by atoms with van der Waals surface area (Å²) in [5.41, 5.74) is 0.183. The summed E-state index contributed by atoms with van der Waals surface area (Å²) in [7, 11) is 0. The molecule has 0 saturated carbocycles. The van der Waals surface area contributed by atoms with Gasteiger partial charge in [-0.15, -0.1) is 0 Å². The molecule has 0 rings (SSSR count). The molecular weight excluding hydrogens is 400 g/mol. The second kappa shape index (κ2) is 26.6. The Morgan fingerprint density at radius 2 is 0.576 bits per heavy atom. The molecule has 0 aromatic carbocycles. The number of rotatable bonds is 28. The van der Waals surface area contributed by atoms with Crippen molar-refractivity contribution in [2.75, 3.05) is 6.61 Å². The molecule has 0 heterocycles. The summed E-state index contributed by atoms with van der Waals surface area (Å²) in [6.45, 7) is 10.0. The zero-order chi connectivity index (χ0) is 24.3. The van der Waals surface area contributed by atoms with E-state index in [0.717, 1.165) is 6.61 Å². The zero-order valence-corrected chi connectivity index (χ0v) is 24.0. The minimum absolute atomic E-state index is 0.183. The van der Waals surface area contributed by atoms with Gasteiger partial charge < -0.3 is 4.74 Å². The Bertz CT molecular complexity index is 330. The lowest BCUT2D eigenvalue weighted by atomic mass is 9.84. The first-order valence-electron chi connectivity index (χ1n) is 15.9. The molecule has 0 saturated heterocycles. The molecular formula is C32H66O. The summed E-state index contributed by atoms with van der Waals surface area (Å²) < 4.78 is 6.59. The molecule has 33 heavy (non-hydrogen) atoms. The molecule has 0 aliphatic heterocycles. The van der Waals surface area contributed by atoms with Crippen LogP contribution in [0.3, 0.4) is 0 Å². The Morgan fingerprint density at radius 1 is 0.333 bits per heavy atom. The highest BCUT2D eigenvalue weighted by molar-refractivity contribution is 4.81. The van der Waals surface area contributed by atoms with Gasteiger partial charge in [0.05, 0.1) is 5.60 Å². The van der Waals surface area contributed by atoms with Gasteiger partial charge in [0, 0.05) is 6.61 Å². The van der Waals surface area contributed by atoms with E-state index in [1.807, 2.05) is 0 Å². The van der Waals surface area contributed by atoms with Crippen LogP contribution in [0, 0.1) is 0 Å². The SMILES string of the molecule is CCCCCCCCCCC(CCCCCCCCC)(CCCCCCCCCC)OCC. The molecule has 0 aliphatic rings. The first kappa shape index (κ1) is 33.0. The summed E-state index contributed by atoms with van der Waals surface area (Å²) in [5, 5.41) is 0. The van der Waals surface area contributed by atoms with Gasteiger partial charge in [-0.05, 0) is 26.2 Å². The van der Waals surface area contributed by atoms with Gasteiger partial charge in [-0.2, -0.15) is 0 Å². The maximum atomic E-state index is 6.59. The van der Waals surface area contributed by atoms with E-state index in [-0.39, 0.29) is 5.60 Å². The summed E-state index contributed by atoms with van der Waals surface area (Å²) >= 11 is 0. The molecule has 0 N–H and O–H groups in total. The topological polar surface area (TPSA) is 9.23 Å². The lowest BCUT2D eigenvalue weighted by Gasteiger charge is -2.34. The first-order chi connectivity index (χ1) is 16.2. The van der Waals surface area contributed by atoms with Gasteiger partial charge >= 0.3 is 0 Å². The third kappa shape index (κ3) is 22.2. The zero-order valence-electron chi connectivity index (χ0n) is 24.0. The predicted octanol–water partition coefficient (Wildman–Crippen LogP) is 12.0. The van der Waals surface area contributed by atoms with Gasteiger partial charge in [0.15, 0.2) is 0 Å². The van der Waals surface area contributed by atoms with Crippen LogP contribution < -0.4 is 0 Å². The monoisotopic (exact) mass is 467 g/mol. The molecule has 0 bridgehead atoms. The maximum Gasteiger partial charge on any atom is 0.0682 e. The van der Waals surface area contributed by atoms with E-state index in [4.69, 9.17) is 4.74 Å². The Balaban J connectivity index is 4.38. The molecule has 0 amide bonds. The van der Waals surface area contributed by atoms with E-state index in [0.29, 0.717) is 0 Å². The van der Waals surface area contributed by atoms with Gasteiger partial charge in [-0.25, -0.2) is 0 Å². The largest absolute Gasteiger partial charge is 0.375 e. The van der Waals surface area contributed by atoms with Crippen LogP contribution in [-0.2, 0) is 4.74 Å². The Kier molecular flexibility index (Phi) is 26.5. The van der Waals surface area contributed by atoms with Crippen molar-refractivity contribution in [2.24, 2.45) is 0 Å². The van der Waals surface area contributed by atoms with Gasteiger partial charge in [-0.1, -0.05) is 168 Å². The minimum atomic E-state index is 0.183. The van der Waals surface area contributed by atoms with E-state index in [1.54, 1.807) is 0 Å². The van der Waals surface area contributed by atoms with Crippen molar-refractivity contribution in [1.82, 2.24) is 0 Å². The van der Waals surface area contributed by atoms with Crippen LogP contribution in [0.5, 0.6) is 0 Å². The second-order valence-electron chi connectivity index (χ2n) is 10.9. The van der Waals surface area contributed by atoms with Gasteiger partial charge in [0.25, 0.3) is 0 Å². The van der Waals surface area contributed by atoms with Crippen LogP contribution in [0.2, 0.25) is 0 Å². The summed E-state index contributed by atoms with van der Waals surface area (Å²) in [6, 6.07) is 0. The highest BCUT2D eigenvalue weighted by Gasteiger charge is 2.29. The van der Waals surface area contributed by atoms with Crippen molar-refractivity contribution >= 4 is 0 Å². The van der Waals surface area contributed by atoms with Crippen LogP contribution in [-0.4, -0.2) is 12.2 Å². The lowest BCUT2D eigenvalue weighted by Crippen LogP contribution is -2.33. The standard InChI is InChI=1S/C32H66O/c1-5-9-12-15-18-21-24-27-30-32(33-8-4,29-26-23-20-17-14-11-7-3)31-28-25-22-19-16-13-10-6-2/h5-31H2,1-4H3. The maximum absolute atomic E-state index is 6.59. The average Bonchev–Trinajstić information content (AvgIpc) is 2.82. The molecule has 0 aromatic rings. The van der Waals surface area contributed by atoms with E-state index < -0.39 is 0 Å². The van der Waals surface area contributed by atoms with Crippen LogP contribution in [0.4, 0.5) is 0 Å². The third-order valence-electron chi connectivity index (χ3n) is 7.66. The summed E-state index contributed by atoms with van der Waals surface area (Å²) in [5.74, 6) is 0. The van der Waals surface area contributed by atoms with Crippen LogP contribution in [0.1, 0.15) is 195 Å².